The molecule has 0 aromatic carbocycles. The van der Waals surface area contributed by atoms with E-state index >= 15 is 0 Å². The van der Waals surface area contributed by atoms with Gasteiger partial charge in [-0.2, -0.15) is 0 Å². The Morgan fingerprint density at radius 2 is 1.43 bits per heavy atom. The minimum Gasteiger partial charge on any atom is -0.461 e. The van der Waals surface area contributed by atoms with Gasteiger partial charge in [-0.25, -0.2) is 23.5 Å². The van der Waals surface area contributed by atoms with Gasteiger partial charge >= 0.3 is 24.1 Å². The van der Waals surface area contributed by atoms with Crippen molar-refractivity contribution in [3.63, 3.8) is 0 Å². The van der Waals surface area contributed by atoms with Crippen LogP contribution < -0.4 is 4.57 Å². The zero-order chi connectivity index (χ0) is 29.8. The number of hydrogen-bond acceptors (Lipinski definition) is 9. The molecule has 0 bridgehead atoms. The standard InChI is InChI=1S/C29H45N2O9/c1-6-7-8-9-10-11-12-14-30-16-17-31(22-30)15-13-26(32)38-20-25(21-39-28(34)24(4)5)40-29(35)37-19-18-36-27(33)23(2)3/h16-17,22,25H,2,4,6-15,18-21H2,1,3,5H3/q+1. The number of esters is 3. The van der Waals surface area contributed by atoms with E-state index in [1.165, 1.54) is 52.4 Å². The predicted molar refractivity (Wildman–Crippen MR) is 146 cm³/mol. The number of unbranched alkanes of at least 4 members (excludes halogenated alkanes) is 6. The lowest BCUT2D eigenvalue weighted by Crippen LogP contribution is -2.32. The van der Waals surface area contributed by atoms with Crippen molar-refractivity contribution in [1.82, 2.24) is 4.57 Å². The molecule has 0 saturated heterocycles. The quantitative estimate of drug-likeness (QED) is 0.0708. The van der Waals surface area contributed by atoms with Crippen LogP contribution in [0.1, 0.15) is 72.1 Å². The maximum atomic E-state index is 12.3. The lowest BCUT2D eigenvalue weighted by molar-refractivity contribution is -0.696. The number of carbonyl (C=O) groups is 4. The minimum absolute atomic E-state index is 0.100. The summed E-state index contributed by atoms with van der Waals surface area (Å²) in [6, 6.07) is 0. The normalized spacial score (nSPS) is 11.3. The predicted octanol–water partition coefficient (Wildman–Crippen LogP) is 4.22. The number of imidazole rings is 1. The van der Waals surface area contributed by atoms with Crippen LogP contribution in [0.4, 0.5) is 4.79 Å². The Kier molecular flexibility index (Phi) is 17.5. The van der Waals surface area contributed by atoms with E-state index in [0.717, 1.165) is 13.0 Å². The summed E-state index contributed by atoms with van der Waals surface area (Å²) in [7, 11) is 0. The summed E-state index contributed by atoms with van der Waals surface area (Å²) in [5.41, 5.74) is 0.372. The molecule has 11 nitrogen and oxygen atoms in total. The molecule has 1 heterocycles. The van der Waals surface area contributed by atoms with Crippen LogP contribution in [0.2, 0.25) is 0 Å². The summed E-state index contributed by atoms with van der Waals surface area (Å²) in [5, 5.41) is 0. The van der Waals surface area contributed by atoms with Gasteiger partial charge in [0.2, 0.25) is 6.33 Å². The summed E-state index contributed by atoms with van der Waals surface area (Å²) in [6.07, 6.45) is 12.5. The largest absolute Gasteiger partial charge is 0.508 e. The molecular formula is C29H45N2O9+. The van der Waals surface area contributed by atoms with Gasteiger partial charge in [0, 0.05) is 11.1 Å². The number of ether oxygens (including phenoxy) is 5. The summed E-state index contributed by atoms with van der Waals surface area (Å²) >= 11 is 0. The maximum Gasteiger partial charge on any atom is 0.508 e. The maximum absolute atomic E-state index is 12.3. The molecule has 0 N–H and O–H groups in total. The monoisotopic (exact) mass is 565 g/mol. The molecule has 0 fully saturated rings. The fourth-order valence-electron chi connectivity index (χ4n) is 3.39. The van der Waals surface area contributed by atoms with E-state index in [0.29, 0.717) is 6.54 Å². The molecule has 224 valence electrons. The van der Waals surface area contributed by atoms with Crippen LogP contribution in [0.25, 0.3) is 0 Å². The van der Waals surface area contributed by atoms with Crippen molar-refractivity contribution in [1.29, 1.82) is 0 Å². The highest BCUT2D eigenvalue weighted by Gasteiger charge is 2.21. The fourth-order valence-corrected chi connectivity index (χ4v) is 3.39. The Hall–Kier alpha value is -3.63. The zero-order valence-electron chi connectivity index (χ0n) is 24.2. The van der Waals surface area contributed by atoms with Crippen LogP contribution in [0.5, 0.6) is 0 Å². The summed E-state index contributed by atoms with van der Waals surface area (Å²) < 4.78 is 29.1. The third-order valence-electron chi connectivity index (χ3n) is 5.67. The lowest BCUT2D eigenvalue weighted by Gasteiger charge is -2.17. The van der Waals surface area contributed by atoms with Gasteiger partial charge in [0.15, 0.2) is 6.10 Å². The number of hydrogen-bond donors (Lipinski definition) is 0. The summed E-state index contributed by atoms with van der Waals surface area (Å²) in [4.78, 5) is 47.4. The molecule has 40 heavy (non-hydrogen) atoms. The van der Waals surface area contributed by atoms with Gasteiger partial charge in [-0.05, 0) is 26.7 Å². The third kappa shape index (κ3) is 16.4. The van der Waals surface area contributed by atoms with E-state index in [4.69, 9.17) is 23.7 Å². The van der Waals surface area contributed by atoms with Crippen LogP contribution in [0, 0.1) is 0 Å². The van der Waals surface area contributed by atoms with Gasteiger partial charge in [-0.1, -0.05) is 52.2 Å². The SMILES string of the molecule is C=C(C)C(=O)OCCOC(=O)OC(COC(=O)CCn1cc[n+](CCCCCCCCC)c1)COC(=O)C(=C)C. The zero-order valence-corrected chi connectivity index (χ0v) is 24.2. The average molecular weight is 566 g/mol. The Bertz CT molecular complexity index is 970. The Morgan fingerprint density at radius 3 is 2.10 bits per heavy atom. The minimum atomic E-state index is -1.10. The topological polar surface area (TPSA) is 123 Å². The van der Waals surface area contributed by atoms with Crippen LogP contribution in [0.15, 0.2) is 43.0 Å². The third-order valence-corrected chi connectivity index (χ3v) is 5.67. The van der Waals surface area contributed by atoms with Crippen molar-refractivity contribution >= 4 is 24.1 Å². The first-order chi connectivity index (χ1) is 19.1. The fraction of sp³-hybridized carbons (Fsp3) is 0.621. The number of rotatable bonds is 21. The number of nitrogens with zero attached hydrogens (tertiary/aromatic N) is 2. The van der Waals surface area contributed by atoms with Crippen LogP contribution >= 0.6 is 0 Å². The van der Waals surface area contributed by atoms with Crippen LogP contribution in [-0.4, -0.2) is 61.2 Å². The Morgan fingerprint density at radius 1 is 0.825 bits per heavy atom. The molecule has 1 aromatic rings. The number of aryl methyl sites for hydroxylation is 2. The number of aromatic nitrogens is 2. The van der Waals surface area contributed by atoms with E-state index < -0.39 is 30.2 Å². The molecule has 11 heteroatoms. The molecule has 0 spiro atoms. The second-order valence-electron chi connectivity index (χ2n) is 9.58. The highest BCUT2D eigenvalue weighted by molar-refractivity contribution is 5.87. The van der Waals surface area contributed by atoms with Gasteiger partial charge in [-0.15, -0.1) is 0 Å². The van der Waals surface area contributed by atoms with Crippen molar-refractivity contribution in [2.75, 3.05) is 26.4 Å². The van der Waals surface area contributed by atoms with Crippen molar-refractivity contribution < 1.29 is 47.4 Å². The van der Waals surface area contributed by atoms with Gasteiger partial charge in [0.1, 0.15) is 45.4 Å². The average Bonchev–Trinajstić information content (AvgIpc) is 3.38. The van der Waals surface area contributed by atoms with E-state index in [1.54, 1.807) is 0 Å². The number of carbonyl (C=O) groups excluding carboxylic acids is 4. The second-order valence-corrected chi connectivity index (χ2v) is 9.58. The lowest BCUT2D eigenvalue weighted by atomic mass is 10.1. The van der Waals surface area contributed by atoms with Gasteiger partial charge in [0.25, 0.3) is 0 Å². The molecule has 1 rings (SSSR count). The summed E-state index contributed by atoms with van der Waals surface area (Å²) in [6.45, 7) is 12.3. The van der Waals surface area contributed by atoms with Crippen molar-refractivity contribution in [3.05, 3.63) is 43.0 Å². The first-order valence-corrected chi connectivity index (χ1v) is 13.8. The summed E-state index contributed by atoms with van der Waals surface area (Å²) in [5.74, 6) is -1.80. The van der Waals surface area contributed by atoms with Crippen molar-refractivity contribution in [2.45, 2.75) is 91.3 Å². The molecule has 0 aliphatic carbocycles. The van der Waals surface area contributed by atoms with Crippen LogP contribution in [-0.2, 0) is 51.2 Å². The Labute approximate surface area is 237 Å². The molecule has 1 aromatic heterocycles. The molecular weight excluding hydrogens is 520 g/mol. The van der Waals surface area contributed by atoms with Crippen LogP contribution in [0.3, 0.4) is 0 Å². The van der Waals surface area contributed by atoms with E-state index in [1.807, 2.05) is 23.3 Å². The van der Waals surface area contributed by atoms with E-state index in [-0.39, 0.29) is 44.0 Å². The van der Waals surface area contributed by atoms with E-state index in [9.17, 15) is 19.2 Å². The molecule has 1 unspecified atom stereocenters. The highest BCUT2D eigenvalue weighted by atomic mass is 16.7. The first kappa shape index (κ1) is 34.4. The molecule has 0 amide bonds. The molecule has 0 aliphatic heterocycles. The van der Waals surface area contributed by atoms with Crippen molar-refractivity contribution in [2.24, 2.45) is 0 Å². The second kappa shape index (κ2) is 20.3. The Balaban J connectivity index is 2.42. The van der Waals surface area contributed by atoms with Gasteiger partial charge in [0.05, 0.1) is 13.0 Å². The smallest absolute Gasteiger partial charge is 0.461 e. The molecule has 0 radical (unpaired) electrons. The van der Waals surface area contributed by atoms with Crippen molar-refractivity contribution in [3.8, 4) is 0 Å². The van der Waals surface area contributed by atoms with Gasteiger partial charge < -0.3 is 23.7 Å². The van der Waals surface area contributed by atoms with E-state index in [2.05, 4.69) is 24.6 Å². The van der Waals surface area contributed by atoms with Gasteiger partial charge in [-0.3, -0.25) is 4.79 Å². The molecule has 0 aliphatic rings. The molecule has 1 atom stereocenters. The highest BCUT2D eigenvalue weighted by Crippen LogP contribution is 2.07. The first-order valence-electron chi connectivity index (χ1n) is 13.8. The molecule has 0 saturated carbocycles.